The molecule has 0 saturated carbocycles. The van der Waals surface area contributed by atoms with Crippen LogP contribution in [0.1, 0.15) is 33.6 Å². The van der Waals surface area contributed by atoms with Crippen molar-refractivity contribution in [3.05, 3.63) is 0 Å². The maximum atomic E-state index is 11.9. The highest BCUT2D eigenvalue weighted by Gasteiger charge is 2.43. The Labute approximate surface area is 145 Å². The minimum atomic E-state index is -2.49. The largest absolute Gasteiger partial charge is 0.466 e. The predicted molar refractivity (Wildman–Crippen MR) is 82.1 cm³/mol. The SMILES string of the molecule is CCOC(=O)CC(O)(CC(=O)OC(C)C(O)C(O)CO)C(=O)OCC. The molecule has 0 saturated heterocycles. The first-order valence-corrected chi connectivity index (χ1v) is 7.82. The fraction of sp³-hybridized carbons (Fsp3) is 0.800. The van der Waals surface area contributed by atoms with Crippen LogP contribution in [0, 0.1) is 0 Å². The average Bonchev–Trinajstić information content (AvgIpc) is 2.53. The quantitative estimate of drug-likeness (QED) is 0.244. The molecule has 0 aliphatic carbocycles. The highest BCUT2D eigenvalue weighted by Crippen LogP contribution is 2.20. The molecule has 0 bridgehead atoms. The van der Waals surface area contributed by atoms with Gasteiger partial charge in [-0.15, -0.1) is 0 Å². The molecule has 4 atom stereocenters. The van der Waals surface area contributed by atoms with Gasteiger partial charge in [0.15, 0.2) is 5.60 Å². The van der Waals surface area contributed by atoms with Crippen LogP contribution in [0.5, 0.6) is 0 Å². The van der Waals surface area contributed by atoms with Crippen LogP contribution in [-0.2, 0) is 28.6 Å². The summed E-state index contributed by atoms with van der Waals surface area (Å²) in [5.74, 6) is -3.21. The molecule has 4 N–H and O–H groups in total. The van der Waals surface area contributed by atoms with Gasteiger partial charge in [-0.2, -0.15) is 0 Å². The van der Waals surface area contributed by atoms with Crippen molar-refractivity contribution in [3.8, 4) is 0 Å². The van der Waals surface area contributed by atoms with Gasteiger partial charge in [-0.1, -0.05) is 0 Å². The predicted octanol–water partition coefficient (Wildman–Crippen LogP) is -1.73. The van der Waals surface area contributed by atoms with E-state index in [1.165, 1.54) is 20.8 Å². The van der Waals surface area contributed by atoms with E-state index in [9.17, 15) is 29.7 Å². The lowest BCUT2D eigenvalue weighted by Gasteiger charge is -2.26. The fourth-order valence-corrected chi connectivity index (χ4v) is 1.90. The zero-order valence-electron chi connectivity index (χ0n) is 14.5. The molecule has 0 amide bonds. The second-order valence-electron chi connectivity index (χ2n) is 5.35. The highest BCUT2D eigenvalue weighted by atomic mass is 16.6. The molecule has 0 spiro atoms. The van der Waals surface area contributed by atoms with Crippen molar-refractivity contribution in [3.63, 3.8) is 0 Å². The number of hydrogen-bond donors (Lipinski definition) is 4. The summed E-state index contributed by atoms with van der Waals surface area (Å²) >= 11 is 0. The van der Waals surface area contributed by atoms with Gasteiger partial charge < -0.3 is 34.6 Å². The van der Waals surface area contributed by atoms with E-state index in [-0.39, 0.29) is 13.2 Å². The first-order valence-electron chi connectivity index (χ1n) is 7.82. The van der Waals surface area contributed by atoms with E-state index in [0.717, 1.165) is 0 Å². The molecule has 0 fully saturated rings. The molecular weight excluding hydrogens is 340 g/mol. The monoisotopic (exact) mass is 366 g/mol. The summed E-state index contributed by atoms with van der Waals surface area (Å²) in [6, 6.07) is 0. The number of aliphatic hydroxyl groups excluding tert-OH is 3. The molecule has 0 heterocycles. The molecule has 0 aromatic carbocycles. The third-order valence-corrected chi connectivity index (χ3v) is 3.21. The van der Waals surface area contributed by atoms with Crippen LogP contribution in [0.4, 0.5) is 0 Å². The standard InChI is InChI=1S/C15H26O10/c1-4-23-11(18)6-15(22,14(21)24-5-2)7-12(19)25-9(3)13(20)10(17)8-16/h9-10,13,16-17,20,22H,4-8H2,1-3H3. The number of carbonyl (C=O) groups is 3. The average molecular weight is 366 g/mol. The van der Waals surface area contributed by atoms with E-state index in [2.05, 4.69) is 9.47 Å². The Hall–Kier alpha value is -1.75. The van der Waals surface area contributed by atoms with Crippen molar-refractivity contribution in [2.24, 2.45) is 0 Å². The Balaban J connectivity index is 5.02. The smallest absolute Gasteiger partial charge is 0.339 e. The maximum Gasteiger partial charge on any atom is 0.339 e. The van der Waals surface area contributed by atoms with Gasteiger partial charge in [-0.3, -0.25) is 9.59 Å². The van der Waals surface area contributed by atoms with Gasteiger partial charge in [0, 0.05) is 0 Å². The van der Waals surface area contributed by atoms with Crippen LogP contribution >= 0.6 is 0 Å². The third-order valence-electron chi connectivity index (χ3n) is 3.21. The third kappa shape index (κ3) is 7.78. The Kier molecular flexibility index (Phi) is 10.2. The van der Waals surface area contributed by atoms with E-state index < -0.39 is 61.3 Å². The van der Waals surface area contributed by atoms with Crippen molar-refractivity contribution < 1.29 is 49.0 Å². The summed E-state index contributed by atoms with van der Waals surface area (Å²) in [5, 5.41) is 38.0. The first kappa shape index (κ1) is 23.2. The van der Waals surface area contributed by atoms with E-state index in [0.29, 0.717) is 0 Å². The lowest BCUT2D eigenvalue weighted by atomic mass is 9.95. The summed E-state index contributed by atoms with van der Waals surface area (Å²) in [6.45, 7) is 3.44. The van der Waals surface area contributed by atoms with E-state index in [4.69, 9.17) is 9.84 Å². The number of esters is 3. The molecule has 146 valence electrons. The summed E-state index contributed by atoms with van der Waals surface area (Å²) in [6.07, 6.45) is -6.08. The van der Waals surface area contributed by atoms with Gasteiger partial charge >= 0.3 is 17.9 Å². The van der Waals surface area contributed by atoms with Crippen LogP contribution in [0.25, 0.3) is 0 Å². The van der Waals surface area contributed by atoms with Crippen LogP contribution < -0.4 is 0 Å². The highest BCUT2D eigenvalue weighted by molar-refractivity contribution is 5.90. The van der Waals surface area contributed by atoms with Crippen LogP contribution in [0.2, 0.25) is 0 Å². The van der Waals surface area contributed by atoms with Gasteiger partial charge in [0.05, 0.1) is 32.7 Å². The number of carbonyl (C=O) groups excluding carboxylic acids is 3. The molecule has 10 nitrogen and oxygen atoms in total. The lowest BCUT2D eigenvalue weighted by Crippen LogP contribution is -2.46. The van der Waals surface area contributed by atoms with E-state index in [1.54, 1.807) is 0 Å². The molecule has 0 aromatic rings. The fourth-order valence-electron chi connectivity index (χ4n) is 1.90. The molecule has 0 aliphatic heterocycles. The number of aliphatic hydroxyl groups is 4. The van der Waals surface area contributed by atoms with E-state index in [1.807, 2.05) is 0 Å². The second-order valence-corrected chi connectivity index (χ2v) is 5.35. The van der Waals surface area contributed by atoms with Crippen molar-refractivity contribution >= 4 is 17.9 Å². The Morgan fingerprint density at radius 1 is 1.00 bits per heavy atom. The normalized spacial score (nSPS) is 16.9. The van der Waals surface area contributed by atoms with Crippen LogP contribution in [-0.4, -0.2) is 82.1 Å². The van der Waals surface area contributed by atoms with Crippen molar-refractivity contribution in [1.29, 1.82) is 0 Å². The zero-order valence-corrected chi connectivity index (χ0v) is 14.5. The molecule has 0 aromatic heterocycles. The molecule has 10 heteroatoms. The molecule has 0 radical (unpaired) electrons. The maximum absolute atomic E-state index is 11.9. The number of ether oxygens (including phenoxy) is 3. The van der Waals surface area contributed by atoms with Crippen molar-refractivity contribution in [1.82, 2.24) is 0 Å². The minimum Gasteiger partial charge on any atom is -0.466 e. The molecule has 4 unspecified atom stereocenters. The molecular formula is C15H26O10. The van der Waals surface area contributed by atoms with Gasteiger partial charge in [-0.25, -0.2) is 4.79 Å². The lowest BCUT2D eigenvalue weighted by molar-refractivity contribution is -0.181. The van der Waals surface area contributed by atoms with Gasteiger partial charge in [0.25, 0.3) is 0 Å². The first-order chi connectivity index (χ1) is 11.6. The Morgan fingerprint density at radius 2 is 1.52 bits per heavy atom. The summed E-state index contributed by atoms with van der Waals surface area (Å²) in [7, 11) is 0. The minimum absolute atomic E-state index is 0.0183. The van der Waals surface area contributed by atoms with E-state index >= 15 is 0 Å². The van der Waals surface area contributed by atoms with Crippen molar-refractivity contribution in [2.45, 2.75) is 57.5 Å². The molecule has 0 aliphatic rings. The zero-order chi connectivity index (χ0) is 19.6. The number of hydrogen-bond acceptors (Lipinski definition) is 10. The summed E-state index contributed by atoms with van der Waals surface area (Å²) in [5.41, 5.74) is -2.49. The van der Waals surface area contributed by atoms with Gasteiger partial charge in [0.1, 0.15) is 18.3 Å². The summed E-state index contributed by atoms with van der Waals surface area (Å²) < 4.78 is 14.1. The Morgan fingerprint density at radius 3 is 2.00 bits per heavy atom. The summed E-state index contributed by atoms with van der Waals surface area (Å²) in [4.78, 5) is 35.4. The molecule has 25 heavy (non-hydrogen) atoms. The Bertz CT molecular complexity index is 452. The number of rotatable bonds is 11. The topological polar surface area (TPSA) is 160 Å². The molecule has 0 rings (SSSR count). The second kappa shape index (κ2) is 11.0. The van der Waals surface area contributed by atoms with Gasteiger partial charge in [-0.05, 0) is 20.8 Å². The van der Waals surface area contributed by atoms with Crippen molar-refractivity contribution in [2.75, 3.05) is 19.8 Å². The van der Waals surface area contributed by atoms with Gasteiger partial charge in [0.2, 0.25) is 0 Å². The van der Waals surface area contributed by atoms with Crippen LogP contribution in [0.3, 0.4) is 0 Å². The van der Waals surface area contributed by atoms with Crippen LogP contribution in [0.15, 0.2) is 0 Å².